The van der Waals surface area contributed by atoms with Crippen molar-refractivity contribution in [2.75, 3.05) is 6.61 Å². The second-order valence-corrected chi connectivity index (χ2v) is 7.89. The zero-order valence-corrected chi connectivity index (χ0v) is 15.9. The molecular weight excluding hydrogens is 372 g/mol. The highest BCUT2D eigenvalue weighted by Gasteiger charge is 2.28. The summed E-state index contributed by atoms with van der Waals surface area (Å²) in [4.78, 5) is 14.0. The molecule has 1 aliphatic rings. The lowest BCUT2D eigenvalue weighted by atomic mass is 9.87. The molecule has 0 aliphatic heterocycles. The summed E-state index contributed by atoms with van der Waals surface area (Å²) < 4.78 is 7.41. The molecule has 2 aromatic heterocycles. The van der Waals surface area contributed by atoms with Crippen LogP contribution < -0.4 is 0 Å². The average molecular weight is 390 g/mol. The highest BCUT2D eigenvalue weighted by atomic mass is 32.1. The van der Waals surface area contributed by atoms with Crippen LogP contribution in [0.1, 0.15) is 20.8 Å². The molecule has 0 bridgehead atoms. The van der Waals surface area contributed by atoms with Gasteiger partial charge in [0, 0.05) is 27.0 Å². The molecule has 4 aromatic rings. The third-order valence-corrected chi connectivity index (χ3v) is 5.82. The first-order chi connectivity index (χ1) is 13.7. The van der Waals surface area contributed by atoms with Crippen LogP contribution in [-0.4, -0.2) is 33.4 Å². The number of thiophene rings is 1. The molecule has 0 saturated heterocycles. The van der Waals surface area contributed by atoms with Crippen molar-refractivity contribution in [3.63, 3.8) is 0 Å². The van der Waals surface area contributed by atoms with Gasteiger partial charge in [0.15, 0.2) is 5.78 Å². The van der Waals surface area contributed by atoms with E-state index >= 15 is 0 Å². The van der Waals surface area contributed by atoms with Gasteiger partial charge in [0.05, 0.1) is 31.4 Å². The van der Waals surface area contributed by atoms with Gasteiger partial charge in [0.25, 0.3) is 0 Å². The summed E-state index contributed by atoms with van der Waals surface area (Å²) in [7, 11) is 0. The number of carbonyl (C=O) groups is 1. The van der Waals surface area contributed by atoms with E-state index in [1.165, 1.54) is 0 Å². The molecule has 140 valence electrons. The van der Waals surface area contributed by atoms with Crippen LogP contribution in [0.25, 0.3) is 22.2 Å². The molecular formula is C22H18N2O3S. The Balaban J connectivity index is 1.44. The maximum absolute atomic E-state index is 12.9. The van der Waals surface area contributed by atoms with Crippen LogP contribution in [0.2, 0.25) is 0 Å². The quantitative estimate of drug-likeness (QED) is 0.478. The number of aliphatic hydroxyl groups excluding tert-OH is 1. The summed E-state index contributed by atoms with van der Waals surface area (Å²) in [5.74, 6) is 0.0214. The molecule has 0 saturated carbocycles. The van der Waals surface area contributed by atoms with Crippen molar-refractivity contribution >= 4 is 28.0 Å². The Morgan fingerprint density at radius 3 is 2.68 bits per heavy atom. The molecule has 0 fully saturated rings. The number of carbonyl (C=O) groups excluding carboxylic acids is 1. The molecule has 2 aromatic carbocycles. The Kier molecular flexibility index (Phi) is 4.31. The average Bonchev–Trinajstić information content (AvgIpc) is 3.35. The van der Waals surface area contributed by atoms with Gasteiger partial charge in [-0.05, 0) is 17.5 Å². The molecule has 0 spiro atoms. The fourth-order valence-electron chi connectivity index (χ4n) is 3.72. The summed E-state index contributed by atoms with van der Waals surface area (Å²) in [6.07, 6.45) is -0.689. The van der Waals surface area contributed by atoms with Gasteiger partial charge in [0.1, 0.15) is 5.69 Å². The Morgan fingerprint density at radius 1 is 1.04 bits per heavy atom. The number of nitrogens with zero attached hydrogens (tertiary/aromatic N) is 2. The van der Waals surface area contributed by atoms with E-state index in [2.05, 4.69) is 0 Å². The van der Waals surface area contributed by atoms with E-state index in [0.29, 0.717) is 24.3 Å². The molecule has 1 N–H and O–H groups in total. The number of ether oxygens (including phenoxy) is 1. The first-order valence-corrected chi connectivity index (χ1v) is 10.0. The zero-order valence-electron chi connectivity index (χ0n) is 15.0. The lowest BCUT2D eigenvalue weighted by molar-refractivity contribution is 0.0203. The van der Waals surface area contributed by atoms with E-state index < -0.39 is 6.10 Å². The highest BCUT2D eigenvalue weighted by molar-refractivity contribution is 7.09. The minimum Gasteiger partial charge on any atom is -0.389 e. The second-order valence-electron chi connectivity index (χ2n) is 6.85. The van der Waals surface area contributed by atoms with Crippen LogP contribution in [0.15, 0.2) is 60.0 Å². The van der Waals surface area contributed by atoms with E-state index in [4.69, 9.17) is 9.84 Å². The monoisotopic (exact) mass is 390 g/mol. The molecule has 1 atom stereocenters. The lowest BCUT2D eigenvalue weighted by Gasteiger charge is -2.13. The number of ketones is 1. The van der Waals surface area contributed by atoms with Gasteiger partial charge in [0.2, 0.25) is 0 Å². The first kappa shape index (κ1) is 17.3. The fourth-order valence-corrected chi connectivity index (χ4v) is 4.36. The van der Waals surface area contributed by atoms with Gasteiger partial charge in [-0.25, -0.2) is 0 Å². The van der Waals surface area contributed by atoms with Crippen LogP contribution in [0.5, 0.6) is 0 Å². The minimum atomic E-state index is -0.689. The number of benzene rings is 2. The SMILES string of the molecule is O=C1c2ccccc2-c2nn(C[C@@H](O)COCc3cccs3)c3cccc1c23. The van der Waals surface area contributed by atoms with E-state index in [-0.39, 0.29) is 12.4 Å². The van der Waals surface area contributed by atoms with Crippen molar-refractivity contribution in [2.24, 2.45) is 0 Å². The zero-order chi connectivity index (χ0) is 19.1. The van der Waals surface area contributed by atoms with Gasteiger partial charge in [-0.3, -0.25) is 9.48 Å². The Morgan fingerprint density at radius 2 is 1.86 bits per heavy atom. The third-order valence-electron chi connectivity index (χ3n) is 4.97. The number of aromatic nitrogens is 2. The molecule has 28 heavy (non-hydrogen) atoms. The van der Waals surface area contributed by atoms with Crippen molar-refractivity contribution in [3.05, 3.63) is 76.0 Å². The van der Waals surface area contributed by atoms with Crippen LogP contribution in [0.4, 0.5) is 0 Å². The summed E-state index contributed by atoms with van der Waals surface area (Å²) >= 11 is 1.63. The first-order valence-electron chi connectivity index (χ1n) is 9.14. The standard InChI is InChI=1S/C22H18N2O3S/c25-14(12-27-13-15-5-4-10-28-15)11-24-19-9-3-8-18-20(19)21(23-24)16-6-1-2-7-17(16)22(18)26/h1-10,14,25H,11-13H2/t14-/m1/s1. The molecule has 0 amide bonds. The lowest BCUT2D eigenvalue weighted by Crippen LogP contribution is -2.22. The van der Waals surface area contributed by atoms with Crippen LogP contribution in [0.3, 0.4) is 0 Å². The minimum absolute atomic E-state index is 0.0214. The van der Waals surface area contributed by atoms with E-state index in [9.17, 15) is 9.90 Å². The molecule has 5 nitrogen and oxygen atoms in total. The largest absolute Gasteiger partial charge is 0.389 e. The van der Waals surface area contributed by atoms with E-state index in [1.807, 2.05) is 60.0 Å². The number of fused-ring (bicyclic) bond motifs is 2. The number of hydrogen-bond acceptors (Lipinski definition) is 5. The fraction of sp³-hybridized carbons (Fsp3) is 0.182. The summed E-state index contributed by atoms with van der Waals surface area (Å²) in [6.45, 7) is 1.02. The highest BCUT2D eigenvalue weighted by Crippen LogP contribution is 2.38. The van der Waals surface area contributed by atoms with Gasteiger partial charge in [-0.15, -0.1) is 11.3 Å². The predicted octanol–water partition coefficient (Wildman–Crippen LogP) is 3.89. The van der Waals surface area contributed by atoms with Gasteiger partial charge in [-0.2, -0.15) is 5.10 Å². The predicted molar refractivity (Wildman–Crippen MR) is 109 cm³/mol. The molecule has 0 radical (unpaired) electrons. The topological polar surface area (TPSA) is 64.4 Å². The molecule has 1 aliphatic carbocycles. The van der Waals surface area contributed by atoms with Gasteiger partial charge in [-0.1, -0.05) is 42.5 Å². The van der Waals surface area contributed by atoms with Gasteiger partial charge < -0.3 is 9.84 Å². The molecule has 2 heterocycles. The number of aliphatic hydroxyl groups is 1. The van der Waals surface area contributed by atoms with Crippen molar-refractivity contribution in [3.8, 4) is 11.3 Å². The second kappa shape index (κ2) is 6.98. The maximum atomic E-state index is 12.9. The normalized spacial score (nSPS) is 13.7. The summed E-state index contributed by atoms with van der Waals surface area (Å²) in [6, 6.07) is 17.2. The Bertz CT molecular complexity index is 1160. The van der Waals surface area contributed by atoms with Crippen LogP contribution in [0, 0.1) is 0 Å². The summed E-state index contributed by atoms with van der Waals surface area (Å²) in [5.41, 5.74) is 3.84. The van der Waals surface area contributed by atoms with Crippen molar-refractivity contribution in [1.29, 1.82) is 0 Å². The van der Waals surface area contributed by atoms with E-state index in [0.717, 1.165) is 27.0 Å². The van der Waals surface area contributed by atoms with Gasteiger partial charge >= 0.3 is 0 Å². The van der Waals surface area contributed by atoms with Crippen LogP contribution >= 0.6 is 11.3 Å². The smallest absolute Gasteiger partial charge is 0.194 e. The maximum Gasteiger partial charge on any atom is 0.194 e. The Labute approximate surface area is 165 Å². The Hall–Kier alpha value is -2.80. The molecule has 5 rings (SSSR count). The number of rotatable bonds is 6. The van der Waals surface area contributed by atoms with E-state index in [1.54, 1.807) is 16.0 Å². The van der Waals surface area contributed by atoms with Crippen LogP contribution in [-0.2, 0) is 17.9 Å². The summed E-state index contributed by atoms with van der Waals surface area (Å²) in [5, 5.41) is 18.1. The van der Waals surface area contributed by atoms with Crippen molar-refractivity contribution in [1.82, 2.24) is 9.78 Å². The molecule has 0 unspecified atom stereocenters. The van der Waals surface area contributed by atoms with Crippen molar-refractivity contribution in [2.45, 2.75) is 19.3 Å². The van der Waals surface area contributed by atoms with Crippen molar-refractivity contribution < 1.29 is 14.6 Å². The third kappa shape index (κ3) is 2.86. The molecule has 6 heteroatoms. The number of hydrogen-bond donors (Lipinski definition) is 1.